The number of non-ortho nitro benzene ring substituents is 1. The molecule has 0 spiro atoms. The molecule has 9 heteroatoms. The Labute approximate surface area is 186 Å². The monoisotopic (exact) mass is 443 g/mol. The standard InChI is InChI=1S/C23H29N3O6/c1-4-32-22(28)21-17(13-31-10-9-24)25-16-11-23(2,3)12-18(27)20(16)19(21)14-5-7-15(8-6-14)26(29)30/h5-8,19,25H,4,9-13,24H2,1-3H3. The second-order valence-electron chi connectivity index (χ2n) is 8.69. The summed E-state index contributed by atoms with van der Waals surface area (Å²) in [4.78, 5) is 37.0. The highest BCUT2D eigenvalue weighted by atomic mass is 16.6. The molecule has 1 atom stereocenters. The number of carbonyl (C=O) groups is 2. The highest BCUT2D eigenvalue weighted by molar-refractivity contribution is 6.04. The zero-order valence-corrected chi connectivity index (χ0v) is 18.6. The van der Waals surface area contributed by atoms with Crippen LogP contribution >= 0.6 is 0 Å². The number of carbonyl (C=O) groups excluding carboxylic acids is 2. The third kappa shape index (κ3) is 4.89. The van der Waals surface area contributed by atoms with Crippen molar-refractivity contribution in [2.24, 2.45) is 11.1 Å². The summed E-state index contributed by atoms with van der Waals surface area (Å²) in [7, 11) is 0. The summed E-state index contributed by atoms with van der Waals surface area (Å²) in [6.07, 6.45) is 0.958. The molecule has 1 aliphatic carbocycles. The zero-order chi connectivity index (χ0) is 23.5. The first-order valence-electron chi connectivity index (χ1n) is 10.6. The Hall–Kier alpha value is -3.04. The van der Waals surface area contributed by atoms with E-state index in [0.29, 0.717) is 42.8 Å². The fourth-order valence-corrected chi connectivity index (χ4v) is 4.29. The minimum Gasteiger partial charge on any atom is -0.463 e. The summed E-state index contributed by atoms with van der Waals surface area (Å²) in [5.74, 6) is -1.32. The number of allylic oxidation sites excluding steroid dienone is 2. The van der Waals surface area contributed by atoms with E-state index in [2.05, 4.69) is 5.32 Å². The van der Waals surface area contributed by atoms with Crippen LogP contribution in [0.4, 0.5) is 5.69 Å². The lowest BCUT2D eigenvalue weighted by Crippen LogP contribution is -2.40. The zero-order valence-electron chi connectivity index (χ0n) is 18.6. The van der Waals surface area contributed by atoms with Gasteiger partial charge in [0.05, 0.1) is 36.0 Å². The van der Waals surface area contributed by atoms with Gasteiger partial charge in [-0.2, -0.15) is 0 Å². The molecule has 9 nitrogen and oxygen atoms in total. The van der Waals surface area contributed by atoms with Gasteiger partial charge in [-0.25, -0.2) is 4.79 Å². The maximum atomic E-state index is 13.3. The Bertz CT molecular complexity index is 978. The lowest BCUT2D eigenvalue weighted by atomic mass is 9.68. The Morgan fingerprint density at radius 3 is 2.56 bits per heavy atom. The predicted octanol–water partition coefficient (Wildman–Crippen LogP) is 2.72. The van der Waals surface area contributed by atoms with Crippen molar-refractivity contribution in [3.05, 3.63) is 62.5 Å². The molecule has 1 aromatic rings. The smallest absolute Gasteiger partial charge is 0.336 e. The molecule has 1 aliphatic heterocycles. The minimum absolute atomic E-state index is 0.0594. The van der Waals surface area contributed by atoms with E-state index in [-0.39, 0.29) is 35.7 Å². The summed E-state index contributed by atoms with van der Waals surface area (Å²) in [6, 6.07) is 5.93. The number of ether oxygens (including phenoxy) is 2. The number of nitro groups is 1. The topological polar surface area (TPSA) is 134 Å². The van der Waals surface area contributed by atoms with Crippen LogP contribution in [0.15, 0.2) is 46.8 Å². The maximum Gasteiger partial charge on any atom is 0.336 e. The van der Waals surface area contributed by atoms with Gasteiger partial charge in [0.15, 0.2) is 5.78 Å². The van der Waals surface area contributed by atoms with Crippen molar-refractivity contribution < 1.29 is 24.0 Å². The van der Waals surface area contributed by atoms with Gasteiger partial charge in [-0.15, -0.1) is 0 Å². The van der Waals surface area contributed by atoms with E-state index < -0.39 is 16.8 Å². The van der Waals surface area contributed by atoms with E-state index in [9.17, 15) is 19.7 Å². The van der Waals surface area contributed by atoms with Crippen LogP contribution in [-0.2, 0) is 19.1 Å². The number of dihydropyridines is 1. The molecule has 0 saturated carbocycles. The fraction of sp³-hybridized carbons (Fsp3) is 0.478. The molecular formula is C23H29N3O6. The van der Waals surface area contributed by atoms with Crippen molar-refractivity contribution in [1.82, 2.24) is 5.32 Å². The Morgan fingerprint density at radius 2 is 1.97 bits per heavy atom. The number of nitrogens with zero attached hydrogens (tertiary/aromatic N) is 1. The van der Waals surface area contributed by atoms with Crippen LogP contribution in [0.1, 0.15) is 45.1 Å². The molecule has 1 aromatic carbocycles. The van der Waals surface area contributed by atoms with Gasteiger partial charge >= 0.3 is 5.97 Å². The van der Waals surface area contributed by atoms with Crippen LogP contribution in [0, 0.1) is 15.5 Å². The number of nitro benzene ring substituents is 1. The SMILES string of the molecule is CCOC(=O)C1=C(COCCN)NC2=C(C(=O)CC(C)(C)C2)C1c1ccc([N+](=O)[O-])cc1. The highest BCUT2D eigenvalue weighted by Crippen LogP contribution is 2.47. The lowest BCUT2D eigenvalue weighted by molar-refractivity contribution is -0.384. The number of hydrogen-bond donors (Lipinski definition) is 2. The first-order chi connectivity index (χ1) is 15.2. The number of benzene rings is 1. The quantitative estimate of drug-likeness (QED) is 0.271. The van der Waals surface area contributed by atoms with Crippen LogP contribution in [0.2, 0.25) is 0 Å². The second kappa shape index (κ2) is 9.62. The number of hydrogen-bond acceptors (Lipinski definition) is 8. The summed E-state index contributed by atoms with van der Waals surface area (Å²) >= 11 is 0. The highest BCUT2D eigenvalue weighted by Gasteiger charge is 2.43. The predicted molar refractivity (Wildman–Crippen MR) is 118 cm³/mol. The first-order valence-corrected chi connectivity index (χ1v) is 10.6. The van der Waals surface area contributed by atoms with E-state index in [1.807, 2.05) is 13.8 Å². The summed E-state index contributed by atoms with van der Waals surface area (Å²) < 4.78 is 11.0. The Balaban J connectivity index is 2.17. The molecule has 0 radical (unpaired) electrons. The molecule has 0 amide bonds. The first kappa shape index (κ1) is 23.6. The Kier molecular flexibility index (Phi) is 7.10. The van der Waals surface area contributed by atoms with Gasteiger partial charge in [0.2, 0.25) is 0 Å². The summed E-state index contributed by atoms with van der Waals surface area (Å²) in [5.41, 5.74) is 7.89. The van der Waals surface area contributed by atoms with Crippen LogP contribution in [0.3, 0.4) is 0 Å². The molecule has 0 saturated heterocycles. The van der Waals surface area contributed by atoms with Crippen LogP contribution < -0.4 is 11.1 Å². The third-order valence-corrected chi connectivity index (χ3v) is 5.57. The van der Waals surface area contributed by atoms with Crippen molar-refractivity contribution in [2.45, 2.75) is 39.5 Å². The van der Waals surface area contributed by atoms with Gasteiger partial charge in [-0.05, 0) is 24.3 Å². The van der Waals surface area contributed by atoms with E-state index in [4.69, 9.17) is 15.2 Å². The number of esters is 1. The van der Waals surface area contributed by atoms with E-state index in [1.165, 1.54) is 12.1 Å². The molecule has 2 aliphatic rings. The number of rotatable bonds is 8. The molecule has 0 fully saturated rings. The maximum absolute atomic E-state index is 13.3. The van der Waals surface area contributed by atoms with Crippen molar-refractivity contribution >= 4 is 17.4 Å². The molecule has 1 unspecified atom stereocenters. The normalized spacial score (nSPS) is 20.0. The minimum atomic E-state index is -0.703. The second-order valence-corrected chi connectivity index (χ2v) is 8.69. The van der Waals surface area contributed by atoms with Crippen molar-refractivity contribution in [1.29, 1.82) is 0 Å². The molecule has 0 bridgehead atoms. The summed E-state index contributed by atoms with van der Waals surface area (Å²) in [5, 5.41) is 14.4. The number of ketones is 1. The molecular weight excluding hydrogens is 414 g/mol. The van der Waals surface area contributed by atoms with Crippen LogP contribution in [0.5, 0.6) is 0 Å². The van der Waals surface area contributed by atoms with Crippen molar-refractivity contribution in [3.63, 3.8) is 0 Å². The van der Waals surface area contributed by atoms with E-state index in [0.717, 1.165) is 5.70 Å². The Morgan fingerprint density at radius 1 is 1.28 bits per heavy atom. The molecule has 3 N–H and O–H groups in total. The van der Waals surface area contributed by atoms with Gasteiger partial charge in [0.1, 0.15) is 0 Å². The molecule has 0 aromatic heterocycles. The van der Waals surface area contributed by atoms with Gasteiger partial charge in [-0.3, -0.25) is 14.9 Å². The van der Waals surface area contributed by atoms with Gasteiger partial charge in [0.25, 0.3) is 5.69 Å². The van der Waals surface area contributed by atoms with Gasteiger partial charge < -0.3 is 20.5 Å². The number of nitrogens with one attached hydrogen (secondary N) is 1. The fourth-order valence-electron chi connectivity index (χ4n) is 4.29. The van der Waals surface area contributed by atoms with Gasteiger partial charge in [-0.1, -0.05) is 26.0 Å². The van der Waals surface area contributed by atoms with Crippen LogP contribution in [0.25, 0.3) is 0 Å². The molecule has 3 rings (SSSR count). The van der Waals surface area contributed by atoms with Crippen molar-refractivity contribution in [3.8, 4) is 0 Å². The summed E-state index contributed by atoms with van der Waals surface area (Å²) in [6.45, 7) is 6.64. The van der Waals surface area contributed by atoms with Crippen molar-refractivity contribution in [2.75, 3.05) is 26.4 Å². The largest absolute Gasteiger partial charge is 0.463 e. The lowest BCUT2D eigenvalue weighted by Gasteiger charge is -2.40. The molecule has 172 valence electrons. The average molecular weight is 444 g/mol. The van der Waals surface area contributed by atoms with Gasteiger partial charge in [0, 0.05) is 42.3 Å². The molecule has 32 heavy (non-hydrogen) atoms. The average Bonchev–Trinajstić information content (AvgIpc) is 2.72. The van der Waals surface area contributed by atoms with E-state index in [1.54, 1.807) is 19.1 Å². The number of nitrogens with two attached hydrogens (primary N) is 1. The molecule has 1 heterocycles. The van der Waals surface area contributed by atoms with Crippen LogP contribution in [-0.4, -0.2) is 43.0 Å². The third-order valence-electron chi connectivity index (χ3n) is 5.57. The van der Waals surface area contributed by atoms with E-state index >= 15 is 0 Å². The number of Topliss-reactive ketones (excluding diaryl/α,β-unsaturated/α-hetero) is 1.